The van der Waals surface area contributed by atoms with Gasteiger partial charge in [-0.15, -0.1) is 0 Å². The number of benzene rings is 1. The van der Waals surface area contributed by atoms with Crippen LogP contribution in [0, 0.1) is 0 Å². The van der Waals surface area contributed by atoms with Gasteiger partial charge in [0.05, 0.1) is 5.56 Å². The van der Waals surface area contributed by atoms with E-state index in [-0.39, 0.29) is 16.2 Å². The van der Waals surface area contributed by atoms with E-state index in [1.165, 1.54) is 12.1 Å². The van der Waals surface area contributed by atoms with Gasteiger partial charge in [0, 0.05) is 11.3 Å². The highest BCUT2D eigenvalue weighted by atomic mass is 32.1. The number of hydrazine groups is 1. The van der Waals surface area contributed by atoms with E-state index in [0.717, 1.165) is 6.07 Å². The summed E-state index contributed by atoms with van der Waals surface area (Å²) in [6, 6.07) is 3.43. The van der Waals surface area contributed by atoms with Crippen LogP contribution in [0.4, 0.5) is 18.9 Å². The number of anilines is 1. The van der Waals surface area contributed by atoms with E-state index in [1.54, 1.807) is 0 Å². The molecule has 0 amide bonds. The average molecular weight is 235 g/mol. The molecule has 0 heterocycles. The highest BCUT2D eigenvalue weighted by molar-refractivity contribution is 7.80. The lowest BCUT2D eigenvalue weighted by Gasteiger charge is -2.14. The third-order valence-corrected chi connectivity index (χ3v) is 2.08. The summed E-state index contributed by atoms with van der Waals surface area (Å²) < 4.78 is 37.6. The van der Waals surface area contributed by atoms with E-state index >= 15 is 0 Å². The van der Waals surface area contributed by atoms with Crippen molar-refractivity contribution in [2.24, 2.45) is 5.84 Å². The molecule has 0 fully saturated rings. The summed E-state index contributed by atoms with van der Waals surface area (Å²) in [5.74, 6) is 4.97. The summed E-state index contributed by atoms with van der Waals surface area (Å²) >= 11 is 4.65. The van der Waals surface area contributed by atoms with Crippen LogP contribution in [0.2, 0.25) is 0 Å². The molecule has 0 saturated heterocycles. The second-order valence-electron chi connectivity index (χ2n) is 2.74. The van der Waals surface area contributed by atoms with Crippen LogP contribution in [0.5, 0.6) is 0 Å². The molecule has 15 heavy (non-hydrogen) atoms. The Balaban J connectivity index is 3.40. The van der Waals surface area contributed by atoms with Crippen LogP contribution in [-0.4, -0.2) is 4.99 Å². The van der Waals surface area contributed by atoms with Crippen molar-refractivity contribution >= 4 is 22.9 Å². The molecule has 5 N–H and O–H groups in total. The smallest absolute Gasteiger partial charge is 0.398 e. The third kappa shape index (κ3) is 2.37. The lowest BCUT2D eigenvalue weighted by Crippen LogP contribution is -2.31. The maximum atomic E-state index is 12.5. The quantitative estimate of drug-likeness (QED) is 0.298. The van der Waals surface area contributed by atoms with Gasteiger partial charge in [0.15, 0.2) is 0 Å². The predicted octanol–water partition coefficient (Wildman–Crippen LogP) is 1.43. The molecule has 1 aromatic carbocycles. The minimum Gasteiger partial charge on any atom is -0.398 e. The molecule has 0 aromatic heterocycles. The summed E-state index contributed by atoms with van der Waals surface area (Å²) in [5.41, 5.74) is 6.15. The molecule has 0 aliphatic heterocycles. The molecule has 0 bridgehead atoms. The van der Waals surface area contributed by atoms with Crippen LogP contribution in [-0.2, 0) is 6.18 Å². The molecule has 1 rings (SSSR count). The minimum atomic E-state index is -4.51. The zero-order valence-corrected chi connectivity index (χ0v) is 8.25. The van der Waals surface area contributed by atoms with Gasteiger partial charge in [0.1, 0.15) is 4.99 Å². The van der Waals surface area contributed by atoms with Crippen molar-refractivity contribution in [3.05, 3.63) is 29.3 Å². The fraction of sp³-hybridized carbons (Fsp3) is 0.125. The Hall–Kier alpha value is -1.34. The number of nitrogens with two attached hydrogens (primary N) is 2. The lowest BCUT2D eigenvalue weighted by atomic mass is 10.1. The first-order valence-corrected chi connectivity index (χ1v) is 4.25. The summed E-state index contributed by atoms with van der Waals surface area (Å²) in [6.07, 6.45) is -4.51. The minimum absolute atomic E-state index is 0.0622. The number of nitrogens with one attached hydrogen (secondary N) is 1. The first-order chi connectivity index (χ1) is 6.88. The van der Waals surface area contributed by atoms with Crippen molar-refractivity contribution in [2.45, 2.75) is 6.18 Å². The Morgan fingerprint density at radius 1 is 1.33 bits per heavy atom. The topological polar surface area (TPSA) is 64.1 Å². The number of nitrogen functional groups attached to an aromatic ring is 1. The monoisotopic (exact) mass is 235 g/mol. The highest BCUT2D eigenvalue weighted by Crippen LogP contribution is 2.34. The molecule has 3 nitrogen and oxygen atoms in total. The Kier molecular flexibility index (Phi) is 3.15. The van der Waals surface area contributed by atoms with Crippen molar-refractivity contribution in [3.8, 4) is 0 Å². The van der Waals surface area contributed by atoms with Gasteiger partial charge in [-0.3, -0.25) is 0 Å². The van der Waals surface area contributed by atoms with E-state index in [2.05, 4.69) is 12.2 Å². The number of hydrogen-bond donors (Lipinski definition) is 3. The molecule has 0 radical (unpaired) electrons. The molecule has 7 heteroatoms. The molecular formula is C8H8F3N3S. The molecule has 0 spiro atoms. The van der Waals surface area contributed by atoms with Crippen molar-refractivity contribution in [1.29, 1.82) is 0 Å². The SMILES string of the molecule is NNC(=S)c1c(N)cccc1C(F)(F)F. The first kappa shape index (κ1) is 11.7. The summed E-state index contributed by atoms with van der Waals surface area (Å²) in [4.78, 5) is -0.236. The molecular weight excluding hydrogens is 227 g/mol. The van der Waals surface area contributed by atoms with Gasteiger partial charge < -0.3 is 11.2 Å². The Morgan fingerprint density at radius 2 is 1.93 bits per heavy atom. The molecule has 0 atom stereocenters. The van der Waals surface area contributed by atoms with E-state index < -0.39 is 11.7 Å². The van der Waals surface area contributed by atoms with Crippen molar-refractivity contribution < 1.29 is 13.2 Å². The highest BCUT2D eigenvalue weighted by Gasteiger charge is 2.34. The van der Waals surface area contributed by atoms with E-state index in [0.29, 0.717) is 0 Å². The van der Waals surface area contributed by atoms with Crippen molar-refractivity contribution in [1.82, 2.24) is 5.43 Å². The summed E-state index contributed by atoms with van der Waals surface area (Å²) in [6.45, 7) is 0. The lowest BCUT2D eigenvalue weighted by molar-refractivity contribution is -0.137. The van der Waals surface area contributed by atoms with E-state index in [9.17, 15) is 13.2 Å². The van der Waals surface area contributed by atoms with E-state index in [1.807, 2.05) is 5.43 Å². The van der Waals surface area contributed by atoms with Crippen LogP contribution in [0.3, 0.4) is 0 Å². The number of halogens is 3. The zero-order valence-electron chi connectivity index (χ0n) is 7.43. The number of hydrogen-bond acceptors (Lipinski definition) is 3. The second kappa shape index (κ2) is 4.03. The summed E-state index contributed by atoms with van der Waals surface area (Å²) in [5, 5.41) is 0. The second-order valence-corrected chi connectivity index (χ2v) is 3.15. The largest absolute Gasteiger partial charge is 0.417 e. The zero-order chi connectivity index (χ0) is 11.6. The summed E-state index contributed by atoms with van der Waals surface area (Å²) in [7, 11) is 0. The molecule has 0 aliphatic carbocycles. The fourth-order valence-corrected chi connectivity index (χ4v) is 1.36. The number of thiocarbonyl (C=S) groups is 1. The molecule has 0 saturated carbocycles. The van der Waals surface area contributed by atoms with Crippen LogP contribution in [0.1, 0.15) is 11.1 Å². The van der Waals surface area contributed by atoms with Gasteiger partial charge >= 0.3 is 6.18 Å². The Bertz CT molecular complexity index is 389. The number of alkyl halides is 3. The van der Waals surface area contributed by atoms with Crippen LogP contribution >= 0.6 is 12.2 Å². The van der Waals surface area contributed by atoms with Crippen molar-refractivity contribution in [2.75, 3.05) is 5.73 Å². The van der Waals surface area contributed by atoms with Gasteiger partial charge in [-0.2, -0.15) is 13.2 Å². The third-order valence-electron chi connectivity index (χ3n) is 1.76. The molecule has 0 aliphatic rings. The van der Waals surface area contributed by atoms with E-state index in [4.69, 9.17) is 11.6 Å². The van der Waals surface area contributed by atoms with Crippen LogP contribution < -0.4 is 17.0 Å². The number of rotatable bonds is 1. The maximum Gasteiger partial charge on any atom is 0.417 e. The van der Waals surface area contributed by atoms with Gasteiger partial charge in [0.25, 0.3) is 0 Å². The van der Waals surface area contributed by atoms with Crippen molar-refractivity contribution in [3.63, 3.8) is 0 Å². The Labute approximate surface area is 89.2 Å². The molecule has 1 aromatic rings. The first-order valence-electron chi connectivity index (χ1n) is 3.84. The molecule has 0 unspecified atom stereocenters. The van der Waals surface area contributed by atoms with Gasteiger partial charge in [0.2, 0.25) is 0 Å². The predicted molar refractivity (Wildman–Crippen MR) is 54.9 cm³/mol. The van der Waals surface area contributed by atoms with Gasteiger partial charge in [-0.25, -0.2) is 5.84 Å². The Morgan fingerprint density at radius 3 is 2.40 bits per heavy atom. The van der Waals surface area contributed by atoms with Crippen LogP contribution in [0.25, 0.3) is 0 Å². The fourth-order valence-electron chi connectivity index (χ4n) is 1.13. The van der Waals surface area contributed by atoms with Gasteiger partial charge in [-0.1, -0.05) is 18.3 Å². The van der Waals surface area contributed by atoms with Gasteiger partial charge in [-0.05, 0) is 12.1 Å². The standard InChI is InChI=1S/C8H8F3N3S/c9-8(10,11)4-2-1-3-5(12)6(4)7(15)14-13/h1-3H,12-13H2,(H,14,15). The maximum absolute atomic E-state index is 12.5. The van der Waals surface area contributed by atoms with Crippen LogP contribution in [0.15, 0.2) is 18.2 Å². The molecule has 82 valence electrons. The average Bonchev–Trinajstić information content (AvgIpc) is 2.15. The normalized spacial score (nSPS) is 11.2.